The molecule has 1 fully saturated rings. The molecule has 0 bridgehead atoms. The standard InChI is InChI=1S/C11H13BrN2O2/c1-16-10-3-2-8(6-13-10)7-14-5-4-9(12)11(14)15/h2-3,6,9H,4-5,7H2,1H3. The Morgan fingerprint density at radius 1 is 1.62 bits per heavy atom. The summed E-state index contributed by atoms with van der Waals surface area (Å²) < 4.78 is 4.98. The van der Waals surface area contributed by atoms with E-state index in [1.165, 1.54) is 0 Å². The van der Waals surface area contributed by atoms with Gasteiger partial charge in [0.1, 0.15) is 0 Å². The van der Waals surface area contributed by atoms with Gasteiger partial charge in [0.05, 0.1) is 11.9 Å². The molecule has 1 aromatic rings. The van der Waals surface area contributed by atoms with Crippen molar-refractivity contribution in [1.82, 2.24) is 9.88 Å². The number of methoxy groups -OCH3 is 1. The summed E-state index contributed by atoms with van der Waals surface area (Å²) in [6, 6.07) is 3.74. The quantitative estimate of drug-likeness (QED) is 0.792. The first-order valence-corrected chi connectivity index (χ1v) is 6.04. The monoisotopic (exact) mass is 284 g/mol. The van der Waals surface area contributed by atoms with Gasteiger partial charge in [0.15, 0.2) is 0 Å². The average Bonchev–Trinajstić information content (AvgIpc) is 2.62. The van der Waals surface area contributed by atoms with E-state index in [0.29, 0.717) is 12.4 Å². The number of alkyl halides is 1. The van der Waals surface area contributed by atoms with Gasteiger partial charge < -0.3 is 9.64 Å². The molecule has 1 aromatic heterocycles. The van der Waals surface area contributed by atoms with E-state index in [9.17, 15) is 4.79 Å². The van der Waals surface area contributed by atoms with E-state index in [1.807, 2.05) is 17.0 Å². The number of likely N-dealkylation sites (tertiary alicyclic amines) is 1. The molecule has 1 atom stereocenters. The van der Waals surface area contributed by atoms with Gasteiger partial charge >= 0.3 is 0 Å². The molecule has 86 valence electrons. The van der Waals surface area contributed by atoms with E-state index in [2.05, 4.69) is 20.9 Å². The lowest BCUT2D eigenvalue weighted by atomic mass is 10.2. The van der Waals surface area contributed by atoms with Crippen LogP contribution in [0.5, 0.6) is 5.88 Å². The number of aromatic nitrogens is 1. The second kappa shape index (κ2) is 4.82. The fraction of sp³-hybridized carbons (Fsp3) is 0.455. The van der Waals surface area contributed by atoms with Crippen LogP contribution in [0.3, 0.4) is 0 Å². The number of hydrogen-bond acceptors (Lipinski definition) is 3. The number of amides is 1. The summed E-state index contributed by atoms with van der Waals surface area (Å²) in [5.74, 6) is 0.755. The fourth-order valence-electron chi connectivity index (χ4n) is 1.70. The third-order valence-corrected chi connectivity index (χ3v) is 3.46. The molecule has 4 nitrogen and oxygen atoms in total. The lowest BCUT2D eigenvalue weighted by Crippen LogP contribution is -2.26. The predicted octanol–water partition coefficient (Wildman–Crippen LogP) is 1.59. The highest BCUT2D eigenvalue weighted by atomic mass is 79.9. The van der Waals surface area contributed by atoms with Crippen molar-refractivity contribution >= 4 is 21.8 Å². The molecule has 1 aliphatic rings. The normalized spacial score (nSPS) is 20.2. The van der Waals surface area contributed by atoms with Crippen LogP contribution < -0.4 is 4.74 Å². The zero-order valence-corrected chi connectivity index (χ0v) is 10.6. The van der Waals surface area contributed by atoms with E-state index in [0.717, 1.165) is 18.5 Å². The predicted molar refractivity (Wildman–Crippen MR) is 63.5 cm³/mol. The number of carbonyl (C=O) groups excluding carboxylic acids is 1. The molecule has 0 saturated carbocycles. The molecule has 16 heavy (non-hydrogen) atoms. The summed E-state index contributed by atoms with van der Waals surface area (Å²) in [7, 11) is 1.58. The largest absolute Gasteiger partial charge is 0.481 e. The maximum atomic E-state index is 11.7. The van der Waals surface area contributed by atoms with Crippen LogP contribution in [0.2, 0.25) is 0 Å². The highest BCUT2D eigenvalue weighted by Crippen LogP contribution is 2.20. The van der Waals surface area contributed by atoms with Gasteiger partial charge in [-0.3, -0.25) is 4.79 Å². The number of rotatable bonds is 3. The number of ether oxygens (including phenoxy) is 1. The van der Waals surface area contributed by atoms with Crippen LogP contribution in [0.4, 0.5) is 0 Å². The molecule has 1 amide bonds. The first-order chi connectivity index (χ1) is 7.70. The lowest BCUT2D eigenvalue weighted by molar-refractivity contribution is -0.127. The van der Waals surface area contributed by atoms with Crippen LogP contribution in [-0.4, -0.2) is 34.3 Å². The summed E-state index contributed by atoms with van der Waals surface area (Å²) in [5.41, 5.74) is 1.02. The van der Waals surface area contributed by atoms with Gasteiger partial charge in [-0.2, -0.15) is 0 Å². The van der Waals surface area contributed by atoms with E-state index in [-0.39, 0.29) is 10.7 Å². The van der Waals surface area contributed by atoms with Crippen molar-refractivity contribution in [2.75, 3.05) is 13.7 Å². The molecule has 2 rings (SSSR count). The minimum atomic E-state index is -0.0151. The summed E-state index contributed by atoms with van der Waals surface area (Å²) in [4.78, 5) is 17.6. The number of carbonyl (C=O) groups is 1. The van der Waals surface area contributed by atoms with Gasteiger partial charge in [-0.1, -0.05) is 22.0 Å². The van der Waals surface area contributed by atoms with Crippen LogP contribution in [0, 0.1) is 0 Å². The Morgan fingerprint density at radius 2 is 2.44 bits per heavy atom. The van der Waals surface area contributed by atoms with Crippen molar-refractivity contribution in [2.24, 2.45) is 0 Å². The zero-order valence-electron chi connectivity index (χ0n) is 9.02. The number of halogens is 1. The SMILES string of the molecule is COc1ccc(CN2CCC(Br)C2=O)cn1. The Kier molecular flexibility index (Phi) is 3.43. The minimum absolute atomic E-state index is 0.0151. The van der Waals surface area contributed by atoms with E-state index >= 15 is 0 Å². The Labute approximate surface area is 103 Å². The summed E-state index contributed by atoms with van der Waals surface area (Å²) in [5, 5.41) is 0. The van der Waals surface area contributed by atoms with E-state index in [4.69, 9.17) is 4.74 Å². The van der Waals surface area contributed by atoms with Crippen LogP contribution in [0.25, 0.3) is 0 Å². The van der Waals surface area contributed by atoms with Crippen molar-refractivity contribution < 1.29 is 9.53 Å². The maximum Gasteiger partial charge on any atom is 0.236 e. The van der Waals surface area contributed by atoms with Crippen molar-refractivity contribution in [2.45, 2.75) is 17.8 Å². The van der Waals surface area contributed by atoms with Gasteiger partial charge in [-0.25, -0.2) is 4.98 Å². The lowest BCUT2D eigenvalue weighted by Gasteiger charge is -2.15. The Bertz CT molecular complexity index is 380. The molecule has 0 spiro atoms. The molecule has 2 heterocycles. The molecule has 5 heteroatoms. The van der Waals surface area contributed by atoms with Crippen LogP contribution >= 0.6 is 15.9 Å². The second-order valence-corrected chi connectivity index (χ2v) is 4.83. The van der Waals surface area contributed by atoms with Crippen molar-refractivity contribution in [3.05, 3.63) is 23.9 Å². The molecule has 0 aliphatic carbocycles. The molecule has 0 aromatic carbocycles. The van der Waals surface area contributed by atoms with Gasteiger partial charge in [0.25, 0.3) is 0 Å². The number of hydrogen-bond donors (Lipinski definition) is 0. The molecular weight excluding hydrogens is 272 g/mol. The topological polar surface area (TPSA) is 42.4 Å². The first-order valence-electron chi connectivity index (χ1n) is 5.12. The third kappa shape index (κ3) is 2.35. The minimum Gasteiger partial charge on any atom is -0.481 e. The summed E-state index contributed by atoms with van der Waals surface area (Å²) in [6.45, 7) is 1.43. The number of pyridine rings is 1. The Morgan fingerprint density at radius 3 is 2.94 bits per heavy atom. The average molecular weight is 285 g/mol. The van der Waals surface area contributed by atoms with Gasteiger partial charge in [0.2, 0.25) is 11.8 Å². The summed E-state index contributed by atoms with van der Waals surface area (Å²) >= 11 is 3.35. The highest BCUT2D eigenvalue weighted by Gasteiger charge is 2.29. The fourth-order valence-corrected chi connectivity index (χ4v) is 2.20. The maximum absolute atomic E-state index is 11.7. The smallest absolute Gasteiger partial charge is 0.236 e. The van der Waals surface area contributed by atoms with Gasteiger partial charge in [0, 0.05) is 25.4 Å². The van der Waals surface area contributed by atoms with Crippen LogP contribution in [0.1, 0.15) is 12.0 Å². The number of nitrogens with zero attached hydrogens (tertiary/aromatic N) is 2. The molecule has 1 aliphatic heterocycles. The van der Waals surface area contributed by atoms with Crippen LogP contribution in [-0.2, 0) is 11.3 Å². The molecule has 0 radical (unpaired) electrons. The third-order valence-electron chi connectivity index (χ3n) is 2.61. The van der Waals surface area contributed by atoms with Gasteiger partial charge in [-0.15, -0.1) is 0 Å². The van der Waals surface area contributed by atoms with Crippen molar-refractivity contribution in [1.29, 1.82) is 0 Å². The van der Waals surface area contributed by atoms with E-state index < -0.39 is 0 Å². The van der Waals surface area contributed by atoms with Crippen molar-refractivity contribution in [3.8, 4) is 5.88 Å². The second-order valence-electron chi connectivity index (χ2n) is 3.72. The molecule has 0 N–H and O–H groups in total. The summed E-state index contributed by atoms with van der Waals surface area (Å²) in [6.07, 6.45) is 2.62. The van der Waals surface area contributed by atoms with Crippen molar-refractivity contribution in [3.63, 3.8) is 0 Å². The zero-order chi connectivity index (χ0) is 11.5. The van der Waals surface area contributed by atoms with Crippen LogP contribution in [0.15, 0.2) is 18.3 Å². The first kappa shape index (κ1) is 11.4. The Hall–Kier alpha value is -1.10. The molecule has 1 saturated heterocycles. The molecule has 1 unspecified atom stereocenters. The van der Waals surface area contributed by atoms with Gasteiger partial charge in [-0.05, 0) is 12.0 Å². The highest BCUT2D eigenvalue weighted by molar-refractivity contribution is 9.10. The van der Waals surface area contributed by atoms with E-state index in [1.54, 1.807) is 13.3 Å². The Balaban J connectivity index is 2.01. The molecular formula is C11H13BrN2O2.